The van der Waals surface area contributed by atoms with Crippen molar-refractivity contribution in [2.45, 2.75) is 25.3 Å². The summed E-state index contributed by atoms with van der Waals surface area (Å²) in [6.45, 7) is -0.229. The highest BCUT2D eigenvalue weighted by molar-refractivity contribution is 5.81. The summed E-state index contributed by atoms with van der Waals surface area (Å²) in [5, 5.41) is 13.5. The van der Waals surface area contributed by atoms with Crippen LogP contribution in [0.4, 0.5) is 4.79 Å². The Balaban J connectivity index is 2.31. The SMILES string of the molecule is COC(=O)CNC(=O)NC(CC(=O)O)C1CC1. The van der Waals surface area contributed by atoms with Gasteiger partial charge in [-0.2, -0.15) is 0 Å². The van der Waals surface area contributed by atoms with Crippen LogP contribution in [0.5, 0.6) is 0 Å². The second-order valence-electron chi connectivity index (χ2n) is 3.94. The molecule has 2 amide bonds. The monoisotopic (exact) mass is 244 g/mol. The molecular weight excluding hydrogens is 228 g/mol. The number of carbonyl (C=O) groups is 3. The van der Waals surface area contributed by atoms with Crippen LogP contribution in [0.2, 0.25) is 0 Å². The second-order valence-corrected chi connectivity index (χ2v) is 3.94. The Hall–Kier alpha value is -1.79. The maximum atomic E-state index is 11.4. The van der Waals surface area contributed by atoms with Crippen molar-refractivity contribution in [2.24, 2.45) is 5.92 Å². The Bertz CT molecular complexity index is 314. The molecule has 0 aromatic carbocycles. The number of aliphatic carboxylic acids is 1. The quantitative estimate of drug-likeness (QED) is 0.557. The Morgan fingerprint density at radius 2 is 2.06 bits per heavy atom. The van der Waals surface area contributed by atoms with Crippen LogP contribution in [0.3, 0.4) is 0 Å². The molecule has 0 saturated heterocycles. The Kier molecular flexibility index (Phi) is 4.74. The lowest BCUT2D eigenvalue weighted by molar-refractivity contribution is -0.139. The first-order valence-electron chi connectivity index (χ1n) is 5.36. The van der Waals surface area contributed by atoms with Crippen molar-refractivity contribution in [3.8, 4) is 0 Å². The molecule has 0 heterocycles. The highest BCUT2D eigenvalue weighted by Gasteiger charge is 2.33. The third kappa shape index (κ3) is 5.19. The molecule has 1 aliphatic carbocycles. The number of urea groups is 1. The summed E-state index contributed by atoms with van der Waals surface area (Å²) >= 11 is 0. The summed E-state index contributed by atoms with van der Waals surface area (Å²) in [5.74, 6) is -1.27. The van der Waals surface area contributed by atoms with Gasteiger partial charge in [-0.1, -0.05) is 0 Å². The average molecular weight is 244 g/mol. The van der Waals surface area contributed by atoms with Gasteiger partial charge in [-0.3, -0.25) is 9.59 Å². The molecule has 0 radical (unpaired) electrons. The zero-order chi connectivity index (χ0) is 12.8. The van der Waals surface area contributed by atoms with Crippen molar-refractivity contribution in [3.05, 3.63) is 0 Å². The van der Waals surface area contributed by atoms with Crippen molar-refractivity contribution in [1.82, 2.24) is 10.6 Å². The topological polar surface area (TPSA) is 105 Å². The highest BCUT2D eigenvalue weighted by atomic mass is 16.5. The van der Waals surface area contributed by atoms with Crippen LogP contribution >= 0.6 is 0 Å². The third-order valence-electron chi connectivity index (χ3n) is 2.52. The van der Waals surface area contributed by atoms with Gasteiger partial charge in [0, 0.05) is 6.04 Å². The first kappa shape index (κ1) is 13.3. The summed E-state index contributed by atoms with van der Waals surface area (Å²) in [5.41, 5.74) is 0. The summed E-state index contributed by atoms with van der Waals surface area (Å²) < 4.78 is 4.35. The molecular formula is C10H16N2O5. The van der Waals surface area contributed by atoms with E-state index in [-0.39, 0.29) is 24.9 Å². The van der Waals surface area contributed by atoms with E-state index in [1.54, 1.807) is 0 Å². The van der Waals surface area contributed by atoms with Crippen molar-refractivity contribution < 1.29 is 24.2 Å². The van der Waals surface area contributed by atoms with Gasteiger partial charge in [0.15, 0.2) is 0 Å². The number of hydrogen-bond donors (Lipinski definition) is 3. The van der Waals surface area contributed by atoms with Gasteiger partial charge in [-0.15, -0.1) is 0 Å². The number of hydrogen-bond acceptors (Lipinski definition) is 4. The third-order valence-corrected chi connectivity index (χ3v) is 2.52. The molecule has 96 valence electrons. The van der Waals surface area contributed by atoms with Crippen LogP contribution in [-0.4, -0.2) is 42.8 Å². The number of rotatable bonds is 6. The number of carboxylic acid groups (broad SMARTS) is 1. The van der Waals surface area contributed by atoms with Crippen LogP contribution in [0.15, 0.2) is 0 Å². The molecule has 0 aromatic rings. The molecule has 1 atom stereocenters. The van der Waals surface area contributed by atoms with Gasteiger partial charge in [0.2, 0.25) is 0 Å². The molecule has 1 aliphatic rings. The number of ether oxygens (including phenoxy) is 1. The number of carbonyl (C=O) groups excluding carboxylic acids is 2. The molecule has 0 bridgehead atoms. The summed E-state index contributed by atoms with van der Waals surface area (Å²) in [6, 6.07) is -0.918. The van der Waals surface area contributed by atoms with Gasteiger partial charge in [0.05, 0.1) is 13.5 Å². The lowest BCUT2D eigenvalue weighted by atomic mass is 10.1. The second kappa shape index (κ2) is 6.07. The summed E-state index contributed by atoms with van der Waals surface area (Å²) in [4.78, 5) is 32.7. The minimum atomic E-state index is -0.949. The lowest BCUT2D eigenvalue weighted by Crippen LogP contribution is -2.45. The molecule has 17 heavy (non-hydrogen) atoms. The molecule has 7 nitrogen and oxygen atoms in total. The summed E-state index contributed by atoms with van der Waals surface area (Å²) in [6.07, 6.45) is 1.75. The van der Waals surface area contributed by atoms with E-state index in [0.717, 1.165) is 12.8 Å². The van der Waals surface area contributed by atoms with Gasteiger partial charge in [-0.25, -0.2) is 4.79 Å². The largest absolute Gasteiger partial charge is 0.481 e. The van der Waals surface area contributed by atoms with Crippen molar-refractivity contribution in [1.29, 1.82) is 0 Å². The number of nitrogens with one attached hydrogen (secondary N) is 2. The van der Waals surface area contributed by atoms with E-state index in [2.05, 4.69) is 15.4 Å². The molecule has 0 aliphatic heterocycles. The standard InChI is InChI=1S/C10H16N2O5/c1-17-9(15)5-11-10(16)12-7(4-8(13)14)6-2-3-6/h6-7H,2-5H2,1H3,(H,13,14)(H2,11,12,16). The van der Waals surface area contributed by atoms with Crippen LogP contribution in [-0.2, 0) is 14.3 Å². The Labute approximate surface area is 98.5 Å². The fraction of sp³-hybridized carbons (Fsp3) is 0.700. The summed E-state index contributed by atoms with van der Waals surface area (Å²) in [7, 11) is 1.22. The molecule has 1 rings (SSSR count). The van der Waals surface area contributed by atoms with Crippen molar-refractivity contribution in [3.63, 3.8) is 0 Å². The molecule has 1 fully saturated rings. The van der Waals surface area contributed by atoms with E-state index in [0.29, 0.717) is 0 Å². The maximum absolute atomic E-state index is 11.4. The Morgan fingerprint density at radius 3 is 2.53 bits per heavy atom. The lowest BCUT2D eigenvalue weighted by Gasteiger charge is -2.16. The number of amides is 2. The smallest absolute Gasteiger partial charge is 0.325 e. The predicted molar refractivity (Wildman–Crippen MR) is 57.3 cm³/mol. The number of esters is 1. The van der Waals surface area contributed by atoms with E-state index in [1.807, 2.05) is 0 Å². The van der Waals surface area contributed by atoms with Gasteiger partial charge < -0.3 is 20.5 Å². The van der Waals surface area contributed by atoms with Gasteiger partial charge in [-0.05, 0) is 18.8 Å². The first-order valence-corrected chi connectivity index (χ1v) is 5.36. The minimum absolute atomic E-state index is 0.101. The van der Waals surface area contributed by atoms with E-state index in [1.165, 1.54) is 7.11 Å². The Morgan fingerprint density at radius 1 is 1.41 bits per heavy atom. The van der Waals surface area contributed by atoms with Crippen LogP contribution in [0.25, 0.3) is 0 Å². The normalized spacial score (nSPS) is 15.8. The zero-order valence-corrected chi connectivity index (χ0v) is 9.56. The first-order chi connectivity index (χ1) is 8.02. The average Bonchev–Trinajstić information content (AvgIpc) is 3.08. The molecule has 1 unspecified atom stereocenters. The maximum Gasteiger partial charge on any atom is 0.325 e. The van der Waals surface area contributed by atoms with E-state index < -0.39 is 18.0 Å². The highest BCUT2D eigenvalue weighted by Crippen LogP contribution is 2.33. The molecule has 0 spiro atoms. The van der Waals surface area contributed by atoms with E-state index >= 15 is 0 Å². The van der Waals surface area contributed by atoms with Crippen LogP contribution in [0.1, 0.15) is 19.3 Å². The molecule has 7 heteroatoms. The van der Waals surface area contributed by atoms with E-state index in [9.17, 15) is 14.4 Å². The van der Waals surface area contributed by atoms with Crippen molar-refractivity contribution in [2.75, 3.05) is 13.7 Å². The molecule has 0 aromatic heterocycles. The molecule has 1 saturated carbocycles. The zero-order valence-electron chi connectivity index (χ0n) is 9.56. The predicted octanol–water partition coefficient (Wildman–Crippen LogP) is -0.288. The van der Waals surface area contributed by atoms with Crippen LogP contribution in [0, 0.1) is 5.92 Å². The fourth-order valence-corrected chi connectivity index (χ4v) is 1.47. The van der Waals surface area contributed by atoms with Gasteiger partial charge >= 0.3 is 18.0 Å². The minimum Gasteiger partial charge on any atom is -0.481 e. The van der Waals surface area contributed by atoms with Crippen LogP contribution < -0.4 is 10.6 Å². The van der Waals surface area contributed by atoms with E-state index in [4.69, 9.17) is 5.11 Å². The van der Waals surface area contributed by atoms with Gasteiger partial charge in [0.25, 0.3) is 0 Å². The number of carboxylic acids is 1. The molecule has 3 N–H and O–H groups in total. The van der Waals surface area contributed by atoms with Gasteiger partial charge in [0.1, 0.15) is 6.54 Å². The van der Waals surface area contributed by atoms with Crippen molar-refractivity contribution >= 4 is 18.0 Å². The number of methoxy groups -OCH3 is 1. The fourth-order valence-electron chi connectivity index (χ4n) is 1.47.